The van der Waals surface area contributed by atoms with Gasteiger partial charge in [-0.15, -0.1) is 0 Å². The highest BCUT2D eigenvalue weighted by atomic mass is 16.2. The first-order valence-electron chi connectivity index (χ1n) is 7.31. The first-order chi connectivity index (χ1) is 10.4. The summed E-state index contributed by atoms with van der Waals surface area (Å²) in [5.74, 6) is -0.316. The molecule has 22 heavy (non-hydrogen) atoms. The summed E-state index contributed by atoms with van der Waals surface area (Å²) in [6, 6.07) is 5.46. The van der Waals surface area contributed by atoms with E-state index in [9.17, 15) is 14.4 Å². The number of nitrogens with one attached hydrogen (secondary N) is 1. The second-order valence-electron chi connectivity index (χ2n) is 5.58. The Kier molecular flexibility index (Phi) is 4.80. The fourth-order valence-electron chi connectivity index (χ4n) is 2.39. The van der Waals surface area contributed by atoms with Crippen LogP contribution in [0, 0.1) is 13.8 Å². The van der Waals surface area contributed by atoms with Crippen molar-refractivity contribution >= 4 is 23.5 Å². The van der Waals surface area contributed by atoms with Crippen LogP contribution in [0.3, 0.4) is 0 Å². The van der Waals surface area contributed by atoms with Crippen molar-refractivity contribution in [3.05, 3.63) is 29.3 Å². The normalized spacial score (nSPS) is 14.7. The molecule has 6 nitrogen and oxygen atoms in total. The lowest BCUT2D eigenvalue weighted by molar-refractivity contribution is -0.125. The molecule has 118 valence electrons. The third-order valence-corrected chi connectivity index (χ3v) is 3.90. The van der Waals surface area contributed by atoms with Crippen LogP contribution in [0.4, 0.5) is 10.5 Å². The molecule has 0 unspecified atom stereocenters. The van der Waals surface area contributed by atoms with Gasteiger partial charge in [0.2, 0.25) is 11.8 Å². The average Bonchev–Trinajstić information content (AvgIpc) is 2.70. The zero-order valence-corrected chi connectivity index (χ0v) is 13.2. The van der Waals surface area contributed by atoms with E-state index in [1.165, 1.54) is 9.80 Å². The number of nitrogens with zero attached hydrogens (tertiary/aromatic N) is 2. The van der Waals surface area contributed by atoms with Gasteiger partial charge in [-0.1, -0.05) is 12.1 Å². The summed E-state index contributed by atoms with van der Waals surface area (Å²) in [5.41, 5.74) is 2.97. The van der Waals surface area contributed by atoms with Crippen LogP contribution in [0.5, 0.6) is 0 Å². The van der Waals surface area contributed by atoms with Crippen LogP contribution < -0.4 is 5.32 Å². The summed E-state index contributed by atoms with van der Waals surface area (Å²) in [6.07, 6.45) is 0.732. The summed E-state index contributed by atoms with van der Waals surface area (Å²) >= 11 is 0. The van der Waals surface area contributed by atoms with E-state index in [4.69, 9.17) is 0 Å². The van der Waals surface area contributed by atoms with Crippen LogP contribution in [0.2, 0.25) is 0 Å². The van der Waals surface area contributed by atoms with Crippen LogP contribution in [-0.4, -0.2) is 47.8 Å². The molecule has 1 aromatic rings. The van der Waals surface area contributed by atoms with Crippen molar-refractivity contribution in [2.45, 2.75) is 26.7 Å². The number of urea groups is 1. The smallest absolute Gasteiger partial charge is 0.326 e. The molecular formula is C16H21N3O3. The molecule has 0 bridgehead atoms. The monoisotopic (exact) mass is 303 g/mol. The van der Waals surface area contributed by atoms with Crippen LogP contribution in [0.25, 0.3) is 0 Å². The van der Waals surface area contributed by atoms with Crippen molar-refractivity contribution in [1.29, 1.82) is 0 Å². The van der Waals surface area contributed by atoms with E-state index in [1.807, 2.05) is 32.0 Å². The SMILES string of the molecule is Cc1cccc(NC(=O)CCCN2C(=O)CN(C)C2=O)c1C. The van der Waals surface area contributed by atoms with Gasteiger partial charge >= 0.3 is 6.03 Å². The molecule has 4 amide bonds. The quantitative estimate of drug-likeness (QED) is 0.845. The fourth-order valence-corrected chi connectivity index (χ4v) is 2.39. The van der Waals surface area contributed by atoms with Gasteiger partial charge in [-0.3, -0.25) is 14.5 Å². The molecular weight excluding hydrogens is 282 g/mol. The van der Waals surface area contributed by atoms with Crippen LogP contribution in [0.15, 0.2) is 18.2 Å². The Morgan fingerprint density at radius 3 is 2.64 bits per heavy atom. The fraction of sp³-hybridized carbons (Fsp3) is 0.438. The minimum absolute atomic E-state index is 0.110. The summed E-state index contributed by atoms with van der Waals surface area (Å²) in [6.45, 7) is 4.35. The number of rotatable bonds is 5. The summed E-state index contributed by atoms with van der Waals surface area (Å²) in [7, 11) is 1.59. The zero-order valence-electron chi connectivity index (χ0n) is 13.2. The predicted octanol–water partition coefficient (Wildman–Crippen LogP) is 1.92. The Balaban J connectivity index is 1.82. The summed E-state index contributed by atoms with van der Waals surface area (Å²) in [5, 5.41) is 2.87. The van der Waals surface area contributed by atoms with Gasteiger partial charge < -0.3 is 10.2 Å². The maximum Gasteiger partial charge on any atom is 0.326 e. The molecule has 1 saturated heterocycles. The number of hydrogen-bond acceptors (Lipinski definition) is 3. The number of likely N-dealkylation sites (N-methyl/N-ethyl adjacent to an activating group) is 1. The highest BCUT2D eigenvalue weighted by Crippen LogP contribution is 2.18. The molecule has 0 spiro atoms. The molecule has 1 aliphatic heterocycles. The minimum atomic E-state index is -0.292. The molecule has 0 atom stereocenters. The van der Waals surface area contributed by atoms with Crippen LogP contribution in [0.1, 0.15) is 24.0 Å². The lowest BCUT2D eigenvalue weighted by atomic mass is 10.1. The first-order valence-corrected chi connectivity index (χ1v) is 7.31. The van der Waals surface area contributed by atoms with E-state index < -0.39 is 0 Å². The van der Waals surface area contributed by atoms with Crippen molar-refractivity contribution in [3.63, 3.8) is 0 Å². The highest BCUT2D eigenvalue weighted by Gasteiger charge is 2.32. The van der Waals surface area contributed by atoms with Gasteiger partial charge in [0.25, 0.3) is 0 Å². The topological polar surface area (TPSA) is 69.7 Å². The van der Waals surface area contributed by atoms with Crippen molar-refractivity contribution in [3.8, 4) is 0 Å². The molecule has 2 rings (SSSR count). The Morgan fingerprint density at radius 1 is 1.27 bits per heavy atom. The molecule has 0 aliphatic carbocycles. The lowest BCUT2D eigenvalue weighted by Crippen LogP contribution is -2.32. The number of anilines is 1. The van der Waals surface area contributed by atoms with E-state index in [0.29, 0.717) is 6.42 Å². The molecule has 1 heterocycles. The van der Waals surface area contributed by atoms with Gasteiger partial charge in [-0.2, -0.15) is 0 Å². The molecule has 0 saturated carbocycles. The number of aryl methyl sites for hydroxylation is 1. The van der Waals surface area contributed by atoms with Gasteiger partial charge in [0.1, 0.15) is 6.54 Å². The zero-order chi connectivity index (χ0) is 16.3. The van der Waals surface area contributed by atoms with E-state index in [1.54, 1.807) is 7.05 Å². The number of benzene rings is 1. The number of carbonyl (C=O) groups is 3. The third-order valence-electron chi connectivity index (χ3n) is 3.90. The maximum absolute atomic E-state index is 12.0. The van der Waals surface area contributed by atoms with Crippen molar-refractivity contribution < 1.29 is 14.4 Å². The Morgan fingerprint density at radius 2 is 2.00 bits per heavy atom. The second kappa shape index (κ2) is 6.60. The van der Waals surface area contributed by atoms with Crippen molar-refractivity contribution in [2.24, 2.45) is 0 Å². The van der Waals surface area contributed by atoms with Crippen LogP contribution in [-0.2, 0) is 9.59 Å². The maximum atomic E-state index is 12.0. The number of imide groups is 1. The second-order valence-corrected chi connectivity index (χ2v) is 5.58. The Bertz CT molecular complexity index is 613. The number of hydrogen-bond donors (Lipinski definition) is 1. The van der Waals surface area contributed by atoms with Crippen LogP contribution >= 0.6 is 0 Å². The molecule has 1 N–H and O–H groups in total. The molecule has 1 aliphatic rings. The Labute approximate surface area is 130 Å². The van der Waals surface area contributed by atoms with Gasteiger partial charge in [0.15, 0.2) is 0 Å². The van der Waals surface area contributed by atoms with E-state index in [-0.39, 0.29) is 37.4 Å². The van der Waals surface area contributed by atoms with Gasteiger partial charge in [-0.25, -0.2) is 4.79 Å². The van der Waals surface area contributed by atoms with E-state index in [0.717, 1.165) is 16.8 Å². The standard InChI is InChI=1S/C16H21N3O3/c1-11-6-4-7-13(12(11)2)17-14(20)8-5-9-19-15(21)10-18(3)16(19)22/h4,6-7H,5,8-10H2,1-3H3,(H,17,20). The molecule has 1 aromatic carbocycles. The summed E-state index contributed by atoms with van der Waals surface area (Å²) in [4.78, 5) is 37.8. The number of amides is 4. The number of carbonyl (C=O) groups excluding carboxylic acids is 3. The molecule has 0 aromatic heterocycles. The predicted molar refractivity (Wildman–Crippen MR) is 83.5 cm³/mol. The average molecular weight is 303 g/mol. The third kappa shape index (κ3) is 3.44. The van der Waals surface area contributed by atoms with E-state index >= 15 is 0 Å². The van der Waals surface area contributed by atoms with Gasteiger partial charge in [-0.05, 0) is 37.5 Å². The largest absolute Gasteiger partial charge is 0.326 e. The summed E-state index contributed by atoms with van der Waals surface area (Å²) < 4.78 is 0. The van der Waals surface area contributed by atoms with Crippen molar-refractivity contribution in [2.75, 3.05) is 25.5 Å². The molecule has 1 fully saturated rings. The molecule has 0 radical (unpaired) electrons. The minimum Gasteiger partial charge on any atom is -0.326 e. The van der Waals surface area contributed by atoms with Crippen molar-refractivity contribution in [1.82, 2.24) is 9.80 Å². The lowest BCUT2D eigenvalue weighted by Gasteiger charge is -2.14. The molecule has 6 heteroatoms. The highest BCUT2D eigenvalue weighted by molar-refractivity contribution is 6.01. The van der Waals surface area contributed by atoms with E-state index in [2.05, 4.69) is 5.32 Å². The first kappa shape index (κ1) is 16.0. The van der Waals surface area contributed by atoms with Gasteiger partial charge in [0.05, 0.1) is 0 Å². The Hall–Kier alpha value is -2.37. The van der Waals surface area contributed by atoms with Gasteiger partial charge in [0, 0.05) is 25.7 Å².